The summed E-state index contributed by atoms with van der Waals surface area (Å²) >= 11 is 0. The molecule has 0 unspecified atom stereocenters. The molecule has 1 heterocycles. The number of rotatable bonds is 6. The normalized spacial score (nSPS) is 16.1. The third-order valence-corrected chi connectivity index (χ3v) is 4.50. The molecule has 0 saturated heterocycles. The number of halogens is 2. The molecular formula is C21H22F2N2O4. The number of anilines is 1. The summed E-state index contributed by atoms with van der Waals surface area (Å²) in [7, 11) is 1.42. The highest BCUT2D eigenvalue weighted by atomic mass is 19.1. The molecule has 2 amide bonds. The quantitative estimate of drug-likeness (QED) is 0.803. The van der Waals surface area contributed by atoms with Crippen molar-refractivity contribution in [1.29, 1.82) is 0 Å². The first-order valence-electron chi connectivity index (χ1n) is 9.21. The Balaban J connectivity index is 1.89. The maximum atomic E-state index is 13.6. The first-order chi connectivity index (χ1) is 13.9. The van der Waals surface area contributed by atoms with Crippen LogP contribution in [0.3, 0.4) is 0 Å². The molecule has 154 valence electrons. The number of carbonyl (C=O) groups excluding carboxylic acids is 2. The number of methoxy groups -OCH3 is 1. The summed E-state index contributed by atoms with van der Waals surface area (Å²) in [6, 6.07) is 8.28. The van der Waals surface area contributed by atoms with Gasteiger partial charge in [-0.1, -0.05) is 6.92 Å². The van der Waals surface area contributed by atoms with Crippen molar-refractivity contribution in [2.45, 2.75) is 32.5 Å². The number of hydrogen-bond acceptors (Lipinski definition) is 4. The van der Waals surface area contributed by atoms with E-state index in [9.17, 15) is 18.4 Å². The lowest BCUT2D eigenvalue weighted by Gasteiger charge is -2.23. The van der Waals surface area contributed by atoms with Gasteiger partial charge < -0.3 is 19.7 Å². The lowest BCUT2D eigenvalue weighted by Crippen LogP contribution is -2.38. The molecule has 29 heavy (non-hydrogen) atoms. The van der Waals surface area contributed by atoms with E-state index in [1.807, 2.05) is 6.92 Å². The summed E-state index contributed by atoms with van der Waals surface area (Å²) in [4.78, 5) is 26.2. The van der Waals surface area contributed by atoms with Crippen LogP contribution in [0.15, 0.2) is 36.4 Å². The summed E-state index contributed by atoms with van der Waals surface area (Å²) < 4.78 is 37.8. The van der Waals surface area contributed by atoms with Gasteiger partial charge in [0, 0.05) is 37.5 Å². The summed E-state index contributed by atoms with van der Waals surface area (Å²) in [5, 5.41) is 2.71. The van der Waals surface area contributed by atoms with Gasteiger partial charge in [0.05, 0.1) is 0 Å². The summed E-state index contributed by atoms with van der Waals surface area (Å²) in [5.74, 6) is -1.44. The monoisotopic (exact) mass is 404 g/mol. The third-order valence-electron chi connectivity index (χ3n) is 4.50. The smallest absolute Gasteiger partial charge is 0.264 e. The first-order valence-corrected chi connectivity index (χ1v) is 9.21. The molecule has 1 N–H and O–H groups in total. The van der Waals surface area contributed by atoms with E-state index < -0.39 is 17.7 Å². The van der Waals surface area contributed by atoms with Crippen molar-refractivity contribution < 1.29 is 27.8 Å². The second-order valence-corrected chi connectivity index (χ2v) is 6.79. The van der Waals surface area contributed by atoms with Crippen molar-refractivity contribution in [1.82, 2.24) is 4.90 Å². The van der Waals surface area contributed by atoms with Crippen LogP contribution < -0.4 is 10.1 Å². The predicted octanol–water partition coefficient (Wildman–Crippen LogP) is 3.25. The minimum absolute atomic E-state index is 0.0348. The van der Waals surface area contributed by atoms with Crippen LogP contribution in [0.4, 0.5) is 14.5 Å². The molecule has 3 rings (SSSR count). The fourth-order valence-corrected chi connectivity index (χ4v) is 3.23. The Labute approximate surface area is 167 Å². The summed E-state index contributed by atoms with van der Waals surface area (Å²) in [6.07, 6.45) is -0.262. The van der Waals surface area contributed by atoms with Gasteiger partial charge >= 0.3 is 0 Å². The minimum atomic E-state index is -0.705. The highest BCUT2D eigenvalue weighted by Crippen LogP contribution is 2.30. The fraction of sp³-hybridized carbons (Fsp3) is 0.333. The molecule has 0 saturated carbocycles. The van der Waals surface area contributed by atoms with E-state index in [2.05, 4.69) is 5.32 Å². The van der Waals surface area contributed by atoms with Crippen LogP contribution in [0.25, 0.3) is 0 Å². The Hall–Kier alpha value is -3.00. The fourth-order valence-electron chi connectivity index (χ4n) is 3.23. The third kappa shape index (κ3) is 5.08. The molecule has 0 fully saturated rings. The number of benzene rings is 2. The topological polar surface area (TPSA) is 67.9 Å². The molecule has 0 spiro atoms. The van der Waals surface area contributed by atoms with Gasteiger partial charge in [-0.15, -0.1) is 0 Å². The van der Waals surface area contributed by atoms with Crippen LogP contribution in [0, 0.1) is 11.6 Å². The molecule has 8 heteroatoms. The maximum Gasteiger partial charge on any atom is 0.264 e. The van der Waals surface area contributed by atoms with Gasteiger partial charge in [-0.25, -0.2) is 8.78 Å². The number of nitrogens with one attached hydrogen (secondary N) is 1. The highest BCUT2D eigenvalue weighted by Gasteiger charge is 2.30. The van der Waals surface area contributed by atoms with Crippen LogP contribution >= 0.6 is 0 Å². The maximum absolute atomic E-state index is 13.6. The van der Waals surface area contributed by atoms with Gasteiger partial charge in [0.2, 0.25) is 5.91 Å². The molecule has 2 aromatic rings. The summed E-state index contributed by atoms with van der Waals surface area (Å²) in [5.41, 5.74) is 1.56. The number of hydrogen-bond donors (Lipinski definition) is 1. The molecule has 2 aromatic carbocycles. The second-order valence-electron chi connectivity index (χ2n) is 6.79. The van der Waals surface area contributed by atoms with Crippen molar-refractivity contribution in [3.8, 4) is 5.75 Å². The van der Waals surface area contributed by atoms with Crippen LogP contribution in [0.2, 0.25) is 0 Å². The predicted molar refractivity (Wildman–Crippen MR) is 102 cm³/mol. The van der Waals surface area contributed by atoms with Crippen molar-refractivity contribution in [3.05, 3.63) is 59.2 Å². The van der Waals surface area contributed by atoms with Gasteiger partial charge in [0.15, 0.2) is 6.10 Å². The standard InChI is InChI=1S/C21H22F2N2O4/c1-3-18-21(27)25(10-13-6-15(22)9-16(23)7-13)11-14-8-17(4-5-19(14)29-18)24-20(26)12-28-2/h4-9,18H,3,10-12H2,1-2H3,(H,24,26)/t18-/m1/s1. The minimum Gasteiger partial charge on any atom is -0.480 e. The first kappa shape index (κ1) is 20.7. The molecule has 1 atom stereocenters. The zero-order valence-corrected chi connectivity index (χ0v) is 16.2. The van der Waals surface area contributed by atoms with Crippen molar-refractivity contribution in [2.75, 3.05) is 19.0 Å². The van der Waals surface area contributed by atoms with E-state index in [-0.39, 0.29) is 31.5 Å². The zero-order valence-electron chi connectivity index (χ0n) is 16.2. The van der Waals surface area contributed by atoms with E-state index in [1.54, 1.807) is 18.2 Å². The Morgan fingerprint density at radius 1 is 1.24 bits per heavy atom. The van der Waals surface area contributed by atoms with E-state index in [0.29, 0.717) is 29.0 Å². The van der Waals surface area contributed by atoms with Gasteiger partial charge in [-0.2, -0.15) is 0 Å². The number of carbonyl (C=O) groups is 2. The lowest BCUT2D eigenvalue weighted by atomic mass is 10.1. The number of ether oxygens (including phenoxy) is 2. The molecule has 1 aliphatic rings. The lowest BCUT2D eigenvalue weighted by molar-refractivity contribution is -0.139. The number of nitrogens with zero attached hydrogens (tertiary/aromatic N) is 1. The molecule has 6 nitrogen and oxygen atoms in total. The zero-order chi connectivity index (χ0) is 21.0. The Morgan fingerprint density at radius 3 is 2.62 bits per heavy atom. The highest BCUT2D eigenvalue weighted by molar-refractivity contribution is 5.92. The van der Waals surface area contributed by atoms with Crippen LogP contribution in [-0.2, 0) is 27.4 Å². The molecule has 0 radical (unpaired) electrons. The van der Waals surface area contributed by atoms with E-state index in [1.165, 1.54) is 24.1 Å². The Morgan fingerprint density at radius 2 is 1.97 bits per heavy atom. The molecule has 0 bridgehead atoms. The van der Waals surface area contributed by atoms with Crippen LogP contribution in [0.1, 0.15) is 24.5 Å². The van der Waals surface area contributed by atoms with Gasteiger partial charge in [0.1, 0.15) is 24.0 Å². The van der Waals surface area contributed by atoms with Gasteiger partial charge in [0.25, 0.3) is 5.91 Å². The van der Waals surface area contributed by atoms with Gasteiger partial charge in [-0.3, -0.25) is 9.59 Å². The van der Waals surface area contributed by atoms with E-state index in [0.717, 1.165) is 6.07 Å². The molecule has 0 aromatic heterocycles. The van der Waals surface area contributed by atoms with Crippen molar-refractivity contribution >= 4 is 17.5 Å². The van der Waals surface area contributed by atoms with Crippen molar-refractivity contribution in [3.63, 3.8) is 0 Å². The van der Waals surface area contributed by atoms with Gasteiger partial charge in [-0.05, 0) is 42.3 Å². The average Bonchev–Trinajstić information content (AvgIpc) is 2.78. The van der Waals surface area contributed by atoms with Crippen molar-refractivity contribution in [2.24, 2.45) is 0 Å². The number of amides is 2. The molecule has 0 aliphatic carbocycles. The molecular weight excluding hydrogens is 382 g/mol. The molecule has 1 aliphatic heterocycles. The van der Waals surface area contributed by atoms with E-state index >= 15 is 0 Å². The number of fused-ring (bicyclic) bond motifs is 1. The average molecular weight is 404 g/mol. The van der Waals surface area contributed by atoms with Crippen LogP contribution in [-0.4, -0.2) is 36.5 Å². The van der Waals surface area contributed by atoms with Crippen LogP contribution in [0.5, 0.6) is 5.75 Å². The Bertz CT molecular complexity index is 899. The largest absolute Gasteiger partial charge is 0.480 e. The summed E-state index contributed by atoms with van der Waals surface area (Å²) in [6.45, 7) is 1.96. The van der Waals surface area contributed by atoms with E-state index in [4.69, 9.17) is 9.47 Å². The second kappa shape index (κ2) is 9.00. The SMILES string of the molecule is CC[C@H]1Oc2ccc(NC(=O)COC)cc2CN(Cc2cc(F)cc(F)c2)C1=O. The Kier molecular flexibility index (Phi) is 6.43.